The summed E-state index contributed by atoms with van der Waals surface area (Å²) in [6, 6.07) is 19.6. The van der Waals surface area contributed by atoms with E-state index in [9.17, 15) is 4.79 Å². The van der Waals surface area contributed by atoms with E-state index < -0.39 is 0 Å². The quantitative estimate of drug-likeness (QED) is 0.761. The first-order valence-electron chi connectivity index (χ1n) is 9.11. The van der Waals surface area contributed by atoms with E-state index in [-0.39, 0.29) is 5.91 Å². The van der Waals surface area contributed by atoms with Gasteiger partial charge in [0, 0.05) is 32.7 Å². The summed E-state index contributed by atoms with van der Waals surface area (Å²) in [6.07, 6.45) is 0. The Kier molecular flexibility index (Phi) is 6.94. The van der Waals surface area contributed by atoms with E-state index in [0.717, 1.165) is 43.9 Å². The molecule has 0 aliphatic carbocycles. The molecule has 1 amide bonds. The molecule has 2 aromatic carbocycles. The molecule has 0 spiro atoms. The zero-order chi connectivity index (χ0) is 18.9. The molecule has 1 N–H and O–H groups in total. The van der Waals surface area contributed by atoms with Crippen molar-refractivity contribution in [3.8, 4) is 6.07 Å². The van der Waals surface area contributed by atoms with Crippen LogP contribution in [0.1, 0.15) is 16.7 Å². The second-order valence-electron chi connectivity index (χ2n) is 6.66. The molecule has 27 heavy (non-hydrogen) atoms. The topological polar surface area (TPSA) is 68.6 Å². The summed E-state index contributed by atoms with van der Waals surface area (Å²) < 4.78 is 0. The Morgan fingerprint density at radius 1 is 1.00 bits per heavy atom. The highest BCUT2D eigenvalue weighted by Gasteiger charge is 2.19. The average molecular weight is 364 g/mol. The maximum Gasteiger partial charge on any atom is 0.257 e. The summed E-state index contributed by atoms with van der Waals surface area (Å²) in [6.45, 7) is 5.00. The predicted molar refractivity (Wildman–Crippen MR) is 102 cm³/mol. The molecule has 140 valence electrons. The second-order valence-corrected chi connectivity index (χ2v) is 6.66. The fourth-order valence-electron chi connectivity index (χ4n) is 3.11. The lowest BCUT2D eigenvalue weighted by Crippen LogP contribution is -2.49. The van der Waals surface area contributed by atoms with Crippen LogP contribution in [0.3, 0.4) is 0 Å². The van der Waals surface area contributed by atoms with E-state index >= 15 is 0 Å². The highest BCUT2D eigenvalue weighted by molar-refractivity contribution is 5.76. The number of nitriles is 1. The third-order valence-electron chi connectivity index (χ3n) is 4.56. The molecule has 6 nitrogen and oxygen atoms in total. The van der Waals surface area contributed by atoms with Gasteiger partial charge in [0.05, 0.1) is 24.8 Å². The number of carbonyl (C=O) groups is 1. The number of hydrogen-bond donors (Lipinski definition) is 1. The van der Waals surface area contributed by atoms with Crippen molar-refractivity contribution in [2.75, 3.05) is 32.7 Å². The van der Waals surface area contributed by atoms with Crippen LogP contribution in [0, 0.1) is 11.3 Å². The van der Waals surface area contributed by atoms with Crippen molar-refractivity contribution in [3.05, 3.63) is 71.3 Å². The number of piperazine rings is 1. The van der Waals surface area contributed by atoms with Gasteiger partial charge in [-0.2, -0.15) is 5.26 Å². The van der Waals surface area contributed by atoms with Gasteiger partial charge in [0.1, 0.15) is 0 Å². The summed E-state index contributed by atoms with van der Waals surface area (Å²) in [4.78, 5) is 21.8. The Morgan fingerprint density at radius 2 is 1.70 bits per heavy atom. The molecule has 0 aromatic heterocycles. The highest BCUT2D eigenvalue weighted by Crippen LogP contribution is 2.10. The van der Waals surface area contributed by atoms with Crippen molar-refractivity contribution >= 4 is 5.91 Å². The standard InChI is InChI=1S/C21H24N4O2/c22-14-19-7-4-8-20(13-19)15-24-9-11-25(12-10-24)16-21(26)23-27-17-18-5-2-1-3-6-18/h1-8,13H,9-12,15-17H2,(H,23,26). The number of nitrogens with zero attached hydrogens (tertiary/aromatic N) is 3. The molecule has 6 heteroatoms. The average Bonchev–Trinajstić information content (AvgIpc) is 2.70. The number of rotatable bonds is 7. The van der Waals surface area contributed by atoms with E-state index in [1.54, 1.807) is 0 Å². The zero-order valence-corrected chi connectivity index (χ0v) is 15.3. The Bertz CT molecular complexity index is 780. The van der Waals surface area contributed by atoms with Gasteiger partial charge in [-0.25, -0.2) is 5.48 Å². The normalized spacial score (nSPS) is 15.2. The van der Waals surface area contributed by atoms with Crippen LogP contribution in [-0.2, 0) is 22.8 Å². The summed E-state index contributed by atoms with van der Waals surface area (Å²) >= 11 is 0. The van der Waals surface area contributed by atoms with Gasteiger partial charge in [0.2, 0.25) is 0 Å². The molecule has 0 saturated carbocycles. The lowest BCUT2D eigenvalue weighted by atomic mass is 10.1. The zero-order valence-electron chi connectivity index (χ0n) is 15.3. The van der Waals surface area contributed by atoms with Gasteiger partial charge in [0.25, 0.3) is 5.91 Å². The van der Waals surface area contributed by atoms with Crippen LogP contribution in [0.15, 0.2) is 54.6 Å². The third kappa shape index (κ3) is 6.19. The van der Waals surface area contributed by atoms with Gasteiger partial charge in [-0.3, -0.25) is 19.4 Å². The first-order chi connectivity index (χ1) is 13.2. The smallest absolute Gasteiger partial charge is 0.257 e. The summed E-state index contributed by atoms with van der Waals surface area (Å²) in [5.74, 6) is -0.124. The fourth-order valence-corrected chi connectivity index (χ4v) is 3.11. The highest BCUT2D eigenvalue weighted by atomic mass is 16.6. The van der Waals surface area contributed by atoms with Crippen LogP contribution in [0.4, 0.5) is 0 Å². The van der Waals surface area contributed by atoms with Gasteiger partial charge < -0.3 is 0 Å². The van der Waals surface area contributed by atoms with Crippen molar-refractivity contribution in [1.82, 2.24) is 15.3 Å². The minimum absolute atomic E-state index is 0.124. The number of hydrogen-bond acceptors (Lipinski definition) is 5. The summed E-state index contributed by atoms with van der Waals surface area (Å²) in [5, 5.41) is 8.99. The second kappa shape index (κ2) is 9.83. The summed E-state index contributed by atoms with van der Waals surface area (Å²) in [7, 11) is 0. The van der Waals surface area contributed by atoms with E-state index in [2.05, 4.69) is 21.3 Å². The minimum Gasteiger partial charge on any atom is -0.297 e. The number of carbonyl (C=O) groups excluding carboxylic acids is 1. The first-order valence-corrected chi connectivity index (χ1v) is 9.11. The molecule has 3 rings (SSSR count). The Labute approximate surface area is 159 Å². The molecule has 0 unspecified atom stereocenters. The largest absolute Gasteiger partial charge is 0.297 e. The number of hydroxylamine groups is 1. The number of amides is 1. The molecule has 0 radical (unpaired) electrons. The first kappa shape index (κ1) is 19.1. The lowest BCUT2D eigenvalue weighted by Gasteiger charge is -2.34. The molecular weight excluding hydrogens is 340 g/mol. The molecule has 1 aliphatic heterocycles. The molecule has 1 aliphatic rings. The van der Waals surface area contributed by atoms with Crippen molar-refractivity contribution in [3.63, 3.8) is 0 Å². The van der Waals surface area contributed by atoms with Crippen LogP contribution in [-0.4, -0.2) is 48.4 Å². The van der Waals surface area contributed by atoms with E-state index in [0.29, 0.717) is 18.7 Å². The van der Waals surface area contributed by atoms with Crippen LogP contribution in [0.5, 0.6) is 0 Å². The van der Waals surface area contributed by atoms with Crippen LogP contribution in [0.25, 0.3) is 0 Å². The summed E-state index contributed by atoms with van der Waals surface area (Å²) in [5.41, 5.74) is 5.38. The van der Waals surface area contributed by atoms with Crippen molar-refractivity contribution in [2.45, 2.75) is 13.2 Å². The molecule has 0 bridgehead atoms. The number of benzene rings is 2. The van der Waals surface area contributed by atoms with Crippen molar-refractivity contribution < 1.29 is 9.63 Å². The predicted octanol–water partition coefficient (Wildman–Crippen LogP) is 1.92. The van der Waals surface area contributed by atoms with E-state index in [1.165, 1.54) is 0 Å². The molecule has 1 fully saturated rings. The molecular formula is C21H24N4O2. The minimum atomic E-state index is -0.124. The molecule has 1 saturated heterocycles. The maximum absolute atomic E-state index is 12.0. The maximum atomic E-state index is 12.0. The molecule has 0 atom stereocenters. The van der Waals surface area contributed by atoms with Gasteiger partial charge in [-0.1, -0.05) is 42.5 Å². The molecule has 2 aromatic rings. The lowest BCUT2D eigenvalue weighted by molar-refractivity contribution is -0.136. The van der Waals surface area contributed by atoms with Crippen LogP contribution >= 0.6 is 0 Å². The van der Waals surface area contributed by atoms with Gasteiger partial charge in [-0.15, -0.1) is 0 Å². The molecule has 1 heterocycles. The van der Waals surface area contributed by atoms with Gasteiger partial charge in [0.15, 0.2) is 0 Å². The fraction of sp³-hybridized carbons (Fsp3) is 0.333. The van der Waals surface area contributed by atoms with Crippen LogP contribution in [0.2, 0.25) is 0 Å². The Morgan fingerprint density at radius 3 is 2.44 bits per heavy atom. The monoisotopic (exact) mass is 364 g/mol. The van der Waals surface area contributed by atoms with Gasteiger partial charge >= 0.3 is 0 Å². The van der Waals surface area contributed by atoms with Crippen molar-refractivity contribution in [2.24, 2.45) is 0 Å². The van der Waals surface area contributed by atoms with Gasteiger partial charge in [-0.05, 0) is 23.3 Å². The van der Waals surface area contributed by atoms with E-state index in [1.807, 2.05) is 54.6 Å². The van der Waals surface area contributed by atoms with Crippen LogP contribution < -0.4 is 5.48 Å². The third-order valence-corrected chi connectivity index (χ3v) is 4.56. The Balaban J connectivity index is 1.35. The SMILES string of the molecule is N#Cc1cccc(CN2CCN(CC(=O)NOCc3ccccc3)CC2)c1. The Hall–Kier alpha value is -2.72. The number of nitrogens with one attached hydrogen (secondary N) is 1. The van der Waals surface area contributed by atoms with Crippen molar-refractivity contribution in [1.29, 1.82) is 5.26 Å². The van der Waals surface area contributed by atoms with E-state index in [4.69, 9.17) is 10.1 Å².